The van der Waals surface area contributed by atoms with E-state index < -0.39 is 0 Å². The molecule has 14 heavy (non-hydrogen) atoms. The van der Waals surface area contributed by atoms with E-state index in [1.165, 1.54) is 6.42 Å². The molecular weight excluding hydrogens is 178 g/mol. The molecule has 0 aromatic heterocycles. The van der Waals surface area contributed by atoms with Gasteiger partial charge in [0.05, 0.1) is 6.04 Å². The number of rotatable bonds is 3. The summed E-state index contributed by atoms with van der Waals surface area (Å²) in [6, 6.07) is 0.333. The molecule has 0 radical (unpaired) electrons. The van der Waals surface area contributed by atoms with Crippen LogP contribution in [0.3, 0.4) is 0 Å². The number of carbonyl (C=O) groups excluding carboxylic acids is 1. The summed E-state index contributed by atoms with van der Waals surface area (Å²) >= 11 is 0. The lowest BCUT2D eigenvalue weighted by atomic mass is 10.1. The van der Waals surface area contributed by atoms with Crippen molar-refractivity contribution in [1.29, 1.82) is 0 Å². The summed E-state index contributed by atoms with van der Waals surface area (Å²) in [5.41, 5.74) is 0. The lowest BCUT2D eigenvalue weighted by Crippen LogP contribution is -2.45. The SMILES string of the molecule is CC(=O)CCC1CN2CCCNC2=N1. The molecule has 0 aromatic rings. The highest BCUT2D eigenvalue weighted by atomic mass is 16.1. The first kappa shape index (κ1) is 9.49. The summed E-state index contributed by atoms with van der Waals surface area (Å²) in [5, 5.41) is 3.29. The number of nitrogens with one attached hydrogen (secondary N) is 1. The Balaban J connectivity index is 1.86. The summed E-state index contributed by atoms with van der Waals surface area (Å²) in [7, 11) is 0. The van der Waals surface area contributed by atoms with Crippen LogP contribution in [0.25, 0.3) is 0 Å². The van der Waals surface area contributed by atoms with Gasteiger partial charge >= 0.3 is 0 Å². The van der Waals surface area contributed by atoms with Gasteiger partial charge in [0.25, 0.3) is 0 Å². The topological polar surface area (TPSA) is 44.7 Å². The molecule has 0 bridgehead atoms. The molecule has 78 valence electrons. The molecule has 4 nitrogen and oxygen atoms in total. The average Bonchev–Trinajstić information content (AvgIpc) is 2.57. The molecule has 2 aliphatic heterocycles. The molecule has 0 aliphatic carbocycles. The molecule has 1 N–H and O–H groups in total. The monoisotopic (exact) mass is 195 g/mol. The van der Waals surface area contributed by atoms with Gasteiger partial charge in [-0.3, -0.25) is 0 Å². The van der Waals surface area contributed by atoms with E-state index in [4.69, 9.17) is 0 Å². The van der Waals surface area contributed by atoms with Gasteiger partial charge in [0.15, 0.2) is 5.96 Å². The minimum absolute atomic E-state index is 0.267. The summed E-state index contributed by atoms with van der Waals surface area (Å²) < 4.78 is 0. The van der Waals surface area contributed by atoms with Crippen molar-refractivity contribution in [3.8, 4) is 0 Å². The highest BCUT2D eigenvalue weighted by molar-refractivity contribution is 5.82. The molecule has 0 amide bonds. The fraction of sp³-hybridized carbons (Fsp3) is 0.800. The molecule has 1 fully saturated rings. The van der Waals surface area contributed by atoms with Crippen molar-refractivity contribution in [2.45, 2.75) is 32.2 Å². The lowest BCUT2D eigenvalue weighted by molar-refractivity contribution is -0.117. The van der Waals surface area contributed by atoms with Crippen LogP contribution in [0.1, 0.15) is 26.2 Å². The third kappa shape index (κ3) is 2.05. The van der Waals surface area contributed by atoms with Crippen molar-refractivity contribution in [2.24, 2.45) is 4.99 Å². The zero-order chi connectivity index (χ0) is 9.97. The molecule has 4 heteroatoms. The molecule has 0 spiro atoms. The number of ketones is 1. The van der Waals surface area contributed by atoms with E-state index in [2.05, 4.69) is 15.2 Å². The molecule has 1 unspecified atom stereocenters. The van der Waals surface area contributed by atoms with Crippen LogP contribution in [0.2, 0.25) is 0 Å². The van der Waals surface area contributed by atoms with Crippen molar-refractivity contribution in [3.05, 3.63) is 0 Å². The fourth-order valence-corrected chi connectivity index (χ4v) is 1.99. The molecule has 1 saturated heterocycles. The number of guanidine groups is 1. The Morgan fingerprint density at radius 3 is 3.29 bits per heavy atom. The number of hydrogen-bond acceptors (Lipinski definition) is 4. The molecule has 0 aromatic carbocycles. The van der Waals surface area contributed by atoms with E-state index in [9.17, 15) is 4.79 Å². The van der Waals surface area contributed by atoms with Crippen LogP contribution in [0.4, 0.5) is 0 Å². The van der Waals surface area contributed by atoms with Gasteiger partial charge < -0.3 is 15.0 Å². The van der Waals surface area contributed by atoms with Crippen molar-refractivity contribution < 1.29 is 4.79 Å². The highest BCUT2D eigenvalue weighted by Gasteiger charge is 2.26. The van der Waals surface area contributed by atoms with Gasteiger partial charge in [-0.05, 0) is 19.8 Å². The van der Waals surface area contributed by atoms with Crippen molar-refractivity contribution in [2.75, 3.05) is 19.6 Å². The maximum Gasteiger partial charge on any atom is 0.194 e. The maximum atomic E-state index is 10.8. The standard InChI is InChI=1S/C10H17N3O/c1-8(14)3-4-9-7-13-6-2-5-11-10(13)12-9/h9H,2-7H2,1H3,(H,11,12). The second-order valence-corrected chi connectivity index (χ2v) is 4.07. The van der Waals surface area contributed by atoms with Crippen LogP contribution in [-0.2, 0) is 4.79 Å². The van der Waals surface area contributed by atoms with Crippen LogP contribution in [0.15, 0.2) is 4.99 Å². The predicted octanol–water partition coefficient (Wildman–Crippen LogP) is 0.389. The van der Waals surface area contributed by atoms with E-state index in [0.717, 1.165) is 32.0 Å². The highest BCUT2D eigenvalue weighted by Crippen LogP contribution is 2.15. The molecule has 2 rings (SSSR count). The molecule has 1 atom stereocenters. The third-order valence-corrected chi connectivity index (χ3v) is 2.75. The van der Waals surface area contributed by atoms with Gasteiger partial charge in [0, 0.05) is 26.1 Å². The van der Waals surface area contributed by atoms with Gasteiger partial charge in [-0.25, -0.2) is 4.99 Å². The summed E-state index contributed by atoms with van der Waals surface area (Å²) in [4.78, 5) is 17.7. The summed E-state index contributed by atoms with van der Waals surface area (Å²) in [6.07, 6.45) is 2.75. The molecule has 2 aliphatic rings. The summed E-state index contributed by atoms with van der Waals surface area (Å²) in [5.74, 6) is 1.31. The van der Waals surface area contributed by atoms with Crippen molar-refractivity contribution >= 4 is 11.7 Å². The minimum atomic E-state index is 0.267. The first-order valence-electron chi connectivity index (χ1n) is 5.32. The first-order chi connectivity index (χ1) is 6.75. The first-order valence-corrected chi connectivity index (χ1v) is 5.32. The predicted molar refractivity (Wildman–Crippen MR) is 55.3 cm³/mol. The Morgan fingerprint density at radius 2 is 2.57 bits per heavy atom. The summed E-state index contributed by atoms with van der Waals surface area (Å²) in [6.45, 7) is 4.79. The van der Waals surface area contributed by atoms with Gasteiger partial charge in [0.1, 0.15) is 5.78 Å². The zero-order valence-electron chi connectivity index (χ0n) is 8.62. The second kappa shape index (κ2) is 3.98. The van der Waals surface area contributed by atoms with E-state index >= 15 is 0 Å². The molecule has 2 heterocycles. The van der Waals surface area contributed by atoms with Gasteiger partial charge in [-0.15, -0.1) is 0 Å². The normalized spacial score (nSPS) is 25.4. The number of nitrogens with zero attached hydrogens (tertiary/aromatic N) is 2. The number of fused-ring (bicyclic) bond motifs is 1. The third-order valence-electron chi connectivity index (χ3n) is 2.75. The average molecular weight is 195 g/mol. The van der Waals surface area contributed by atoms with Crippen LogP contribution in [0.5, 0.6) is 0 Å². The van der Waals surface area contributed by atoms with Gasteiger partial charge in [-0.2, -0.15) is 0 Å². The van der Waals surface area contributed by atoms with E-state index in [1.807, 2.05) is 0 Å². The Morgan fingerprint density at radius 1 is 1.71 bits per heavy atom. The number of hydrogen-bond donors (Lipinski definition) is 1. The molecule has 0 saturated carbocycles. The zero-order valence-corrected chi connectivity index (χ0v) is 8.62. The Kier molecular flexibility index (Phi) is 2.70. The number of aliphatic imine (C=N–C) groups is 1. The Labute approximate surface area is 84.4 Å². The Bertz CT molecular complexity index is 262. The van der Waals surface area contributed by atoms with Crippen LogP contribution >= 0.6 is 0 Å². The largest absolute Gasteiger partial charge is 0.356 e. The van der Waals surface area contributed by atoms with Crippen molar-refractivity contribution in [1.82, 2.24) is 10.2 Å². The number of Topliss-reactive ketones (excluding diaryl/α,β-unsaturated/α-hetero) is 1. The maximum absolute atomic E-state index is 10.8. The van der Waals surface area contributed by atoms with Crippen LogP contribution < -0.4 is 5.32 Å². The van der Waals surface area contributed by atoms with Crippen molar-refractivity contribution in [3.63, 3.8) is 0 Å². The van der Waals surface area contributed by atoms with Gasteiger partial charge in [-0.1, -0.05) is 0 Å². The fourth-order valence-electron chi connectivity index (χ4n) is 1.99. The second-order valence-electron chi connectivity index (χ2n) is 4.07. The van der Waals surface area contributed by atoms with E-state index in [1.54, 1.807) is 6.92 Å². The van der Waals surface area contributed by atoms with E-state index in [0.29, 0.717) is 12.5 Å². The van der Waals surface area contributed by atoms with Gasteiger partial charge in [0.2, 0.25) is 0 Å². The van der Waals surface area contributed by atoms with Crippen LogP contribution in [-0.4, -0.2) is 42.3 Å². The number of carbonyl (C=O) groups is 1. The Hall–Kier alpha value is -1.06. The quantitative estimate of drug-likeness (QED) is 0.708. The lowest BCUT2D eigenvalue weighted by Gasteiger charge is -2.26. The molecular formula is C10H17N3O. The van der Waals surface area contributed by atoms with E-state index in [-0.39, 0.29) is 5.78 Å². The minimum Gasteiger partial charge on any atom is -0.356 e. The smallest absolute Gasteiger partial charge is 0.194 e. The van der Waals surface area contributed by atoms with Crippen LogP contribution in [0, 0.1) is 0 Å².